The van der Waals surface area contributed by atoms with Crippen molar-refractivity contribution in [3.05, 3.63) is 89.7 Å². The molecule has 1 heterocycles. The Kier molecular flexibility index (Phi) is 8.20. The monoisotopic (exact) mass is 400 g/mol. The number of aryl methyl sites for hydroxylation is 2. The maximum atomic E-state index is 12.8. The largest absolute Gasteiger partial charge is 0.350 e. The van der Waals surface area contributed by atoms with E-state index in [1.807, 2.05) is 24.4 Å². The van der Waals surface area contributed by atoms with Gasteiger partial charge in [0.1, 0.15) is 0 Å². The number of unbranched alkanes of at least 4 members (excludes halogenated alkanes) is 1. The molecule has 3 aromatic rings. The zero-order chi connectivity index (χ0) is 21.2. The van der Waals surface area contributed by atoms with Gasteiger partial charge >= 0.3 is 0 Å². The minimum atomic E-state index is 0.0150. The number of nitrogens with zero attached hydrogens (tertiary/aromatic N) is 1. The predicted molar refractivity (Wildman–Crippen MR) is 125 cm³/mol. The van der Waals surface area contributed by atoms with Crippen LogP contribution in [0.3, 0.4) is 0 Å². The van der Waals surface area contributed by atoms with Gasteiger partial charge in [-0.05, 0) is 79.5 Å². The molecule has 0 fully saturated rings. The summed E-state index contributed by atoms with van der Waals surface area (Å²) in [6, 6.07) is 20.8. The average molecular weight is 401 g/mol. The third-order valence-corrected chi connectivity index (χ3v) is 5.45. The van der Waals surface area contributed by atoms with Gasteiger partial charge in [0, 0.05) is 24.0 Å². The standard InChI is InChI=1S/C27H32N2O/c1-3-4-13-24-19-25(16-17-26(24)23-14-6-5-7-15-23)27(30)29-21(2)10-8-11-22-12-9-18-28-20-22/h5-7,9,12,14-21H,3-4,8,10-11,13H2,1-2H3,(H,29,30)/t21-/m1/s1. The third-order valence-electron chi connectivity index (χ3n) is 5.45. The highest BCUT2D eigenvalue weighted by Crippen LogP contribution is 2.26. The van der Waals surface area contributed by atoms with E-state index in [1.54, 1.807) is 6.20 Å². The smallest absolute Gasteiger partial charge is 0.251 e. The van der Waals surface area contributed by atoms with Crippen LogP contribution in [0.15, 0.2) is 73.1 Å². The Morgan fingerprint density at radius 2 is 1.83 bits per heavy atom. The third kappa shape index (κ3) is 6.28. The first-order chi connectivity index (χ1) is 14.7. The van der Waals surface area contributed by atoms with E-state index in [0.717, 1.165) is 44.1 Å². The lowest BCUT2D eigenvalue weighted by Crippen LogP contribution is -2.32. The molecule has 1 atom stereocenters. The molecule has 1 amide bonds. The number of amides is 1. The molecule has 30 heavy (non-hydrogen) atoms. The van der Waals surface area contributed by atoms with Gasteiger partial charge in [-0.25, -0.2) is 0 Å². The summed E-state index contributed by atoms with van der Waals surface area (Å²) in [5.41, 5.74) is 5.68. The van der Waals surface area contributed by atoms with Crippen molar-refractivity contribution in [2.75, 3.05) is 0 Å². The fraction of sp³-hybridized carbons (Fsp3) is 0.333. The van der Waals surface area contributed by atoms with Crippen molar-refractivity contribution < 1.29 is 4.79 Å². The first-order valence-corrected chi connectivity index (χ1v) is 11.1. The van der Waals surface area contributed by atoms with Crippen LogP contribution in [0.25, 0.3) is 11.1 Å². The average Bonchev–Trinajstić information content (AvgIpc) is 2.78. The summed E-state index contributed by atoms with van der Waals surface area (Å²) in [7, 11) is 0. The molecule has 0 aliphatic rings. The molecule has 3 heteroatoms. The minimum Gasteiger partial charge on any atom is -0.350 e. The zero-order valence-electron chi connectivity index (χ0n) is 18.1. The van der Waals surface area contributed by atoms with E-state index in [0.29, 0.717) is 0 Å². The van der Waals surface area contributed by atoms with E-state index in [4.69, 9.17) is 0 Å². The van der Waals surface area contributed by atoms with Gasteiger partial charge in [0.2, 0.25) is 0 Å². The molecule has 0 unspecified atom stereocenters. The number of aromatic nitrogens is 1. The molecule has 3 rings (SSSR count). The fourth-order valence-electron chi connectivity index (χ4n) is 3.75. The van der Waals surface area contributed by atoms with E-state index in [-0.39, 0.29) is 11.9 Å². The number of pyridine rings is 1. The lowest BCUT2D eigenvalue weighted by molar-refractivity contribution is 0.0938. The van der Waals surface area contributed by atoms with Crippen molar-refractivity contribution >= 4 is 5.91 Å². The molecule has 0 radical (unpaired) electrons. The van der Waals surface area contributed by atoms with Crippen molar-refractivity contribution in [3.8, 4) is 11.1 Å². The second-order valence-electron chi connectivity index (χ2n) is 7.97. The van der Waals surface area contributed by atoms with Crippen LogP contribution in [0.1, 0.15) is 61.0 Å². The summed E-state index contributed by atoms with van der Waals surface area (Å²) in [5.74, 6) is 0.0150. The molecule has 0 saturated carbocycles. The number of carbonyl (C=O) groups excluding carboxylic acids is 1. The molecule has 1 aromatic heterocycles. The van der Waals surface area contributed by atoms with Crippen molar-refractivity contribution in [2.24, 2.45) is 0 Å². The Hall–Kier alpha value is -2.94. The summed E-state index contributed by atoms with van der Waals surface area (Å²) in [4.78, 5) is 17.0. The maximum absolute atomic E-state index is 12.8. The highest BCUT2D eigenvalue weighted by Gasteiger charge is 2.13. The van der Waals surface area contributed by atoms with Gasteiger partial charge in [0.25, 0.3) is 5.91 Å². The van der Waals surface area contributed by atoms with Gasteiger partial charge in [-0.1, -0.05) is 55.8 Å². The highest BCUT2D eigenvalue weighted by molar-refractivity contribution is 5.95. The molecular weight excluding hydrogens is 368 g/mol. The number of hydrogen-bond donors (Lipinski definition) is 1. The minimum absolute atomic E-state index is 0.0150. The molecule has 3 nitrogen and oxygen atoms in total. The lowest BCUT2D eigenvalue weighted by Gasteiger charge is -2.16. The summed E-state index contributed by atoms with van der Waals surface area (Å²) < 4.78 is 0. The quantitative estimate of drug-likeness (QED) is 0.438. The second-order valence-corrected chi connectivity index (χ2v) is 7.97. The Balaban J connectivity index is 1.63. The van der Waals surface area contributed by atoms with E-state index < -0.39 is 0 Å². The van der Waals surface area contributed by atoms with Gasteiger partial charge < -0.3 is 5.32 Å². The molecule has 1 N–H and O–H groups in total. The van der Waals surface area contributed by atoms with Crippen molar-refractivity contribution in [1.82, 2.24) is 10.3 Å². The molecule has 0 aliphatic heterocycles. The van der Waals surface area contributed by atoms with Crippen LogP contribution in [-0.4, -0.2) is 16.9 Å². The Labute approximate surface area is 180 Å². The van der Waals surface area contributed by atoms with Crippen LogP contribution >= 0.6 is 0 Å². The van der Waals surface area contributed by atoms with Gasteiger partial charge in [-0.3, -0.25) is 9.78 Å². The highest BCUT2D eigenvalue weighted by atomic mass is 16.1. The number of hydrogen-bond acceptors (Lipinski definition) is 2. The first kappa shape index (κ1) is 21.8. The van der Waals surface area contributed by atoms with Gasteiger partial charge in [0.05, 0.1) is 0 Å². The zero-order valence-corrected chi connectivity index (χ0v) is 18.1. The van der Waals surface area contributed by atoms with Crippen molar-refractivity contribution in [3.63, 3.8) is 0 Å². The topological polar surface area (TPSA) is 42.0 Å². The Bertz CT molecular complexity index is 922. The molecule has 2 aromatic carbocycles. The van der Waals surface area contributed by atoms with Gasteiger partial charge in [-0.2, -0.15) is 0 Å². The molecular formula is C27H32N2O. The molecule has 156 valence electrons. The van der Waals surface area contributed by atoms with Crippen LogP contribution < -0.4 is 5.32 Å². The van der Waals surface area contributed by atoms with Crippen LogP contribution in [0.5, 0.6) is 0 Å². The van der Waals surface area contributed by atoms with E-state index in [9.17, 15) is 4.79 Å². The number of rotatable bonds is 10. The number of carbonyl (C=O) groups is 1. The summed E-state index contributed by atoms with van der Waals surface area (Å²) in [5, 5.41) is 3.17. The Morgan fingerprint density at radius 1 is 1.00 bits per heavy atom. The second kappa shape index (κ2) is 11.3. The summed E-state index contributed by atoms with van der Waals surface area (Å²) >= 11 is 0. The van der Waals surface area contributed by atoms with E-state index in [2.05, 4.69) is 66.6 Å². The van der Waals surface area contributed by atoms with E-state index in [1.165, 1.54) is 22.3 Å². The number of benzene rings is 2. The normalized spacial score (nSPS) is 11.8. The van der Waals surface area contributed by atoms with Crippen LogP contribution in [0.2, 0.25) is 0 Å². The maximum Gasteiger partial charge on any atom is 0.251 e. The predicted octanol–water partition coefficient (Wildman–Crippen LogP) is 6.23. The van der Waals surface area contributed by atoms with E-state index >= 15 is 0 Å². The summed E-state index contributed by atoms with van der Waals surface area (Å²) in [6.45, 7) is 4.28. The lowest BCUT2D eigenvalue weighted by atomic mass is 9.94. The van der Waals surface area contributed by atoms with Crippen molar-refractivity contribution in [2.45, 2.75) is 58.4 Å². The first-order valence-electron chi connectivity index (χ1n) is 11.1. The van der Waals surface area contributed by atoms with Gasteiger partial charge in [0.15, 0.2) is 0 Å². The number of nitrogens with one attached hydrogen (secondary N) is 1. The Morgan fingerprint density at radius 3 is 2.57 bits per heavy atom. The molecule has 0 saturated heterocycles. The summed E-state index contributed by atoms with van der Waals surface area (Å²) in [6.07, 6.45) is 9.92. The SMILES string of the molecule is CCCCc1cc(C(=O)N[C@H](C)CCCc2cccnc2)ccc1-c1ccccc1. The van der Waals surface area contributed by atoms with Crippen LogP contribution in [0, 0.1) is 0 Å². The molecule has 0 aliphatic carbocycles. The van der Waals surface area contributed by atoms with Crippen LogP contribution in [-0.2, 0) is 12.8 Å². The van der Waals surface area contributed by atoms with Gasteiger partial charge in [-0.15, -0.1) is 0 Å². The molecule has 0 bridgehead atoms. The fourth-order valence-corrected chi connectivity index (χ4v) is 3.75. The van der Waals surface area contributed by atoms with Crippen molar-refractivity contribution in [1.29, 1.82) is 0 Å². The molecule has 0 spiro atoms. The van der Waals surface area contributed by atoms with Crippen LogP contribution in [0.4, 0.5) is 0 Å².